The molecule has 0 aliphatic carbocycles. The van der Waals surface area contributed by atoms with Gasteiger partial charge in [0.25, 0.3) is 0 Å². The van der Waals surface area contributed by atoms with Crippen LogP contribution < -0.4 is 14.2 Å². The van der Waals surface area contributed by atoms with Gasteiger partial charge in [0.05, 0.1) is 32.8 Å². The molecule has 0 amide bonds. The minimum atomic E-state index is -0.881. The maximum atomic E-state index is 10.7. The Balaban J connectivity index is 2.01. The Kier molecular flexibility index (Phi) is 3.92. The number of aliphatic hydroxyl groups excluding tert-OH is 1. The van der Waals surface area contributed by atoms with Crippen LogP contribution in [0, 0.1) is 0 Å². The number of methoxy groups -OCH3 is 2. The molecule has 1 aliphatic rings. The molecule has 0 aromatic heterocycles. The van der Waals surface area contributed by atoms with Gasteiger partial charge in [-0.1, -0.05) is 6.07 Å². The van der Waals surface area contributed by atoms with Gasteiger partial charge in [0.2, 0.25) is 0 Å². The van der Waals surface area contributed by atoms with E-state index in [1.54, 1.807) is 12.1 Å². The topological polar surface area (TPSA) is 88.4 Å². The minimum Gasteiger partial charge on any atom is -0.508 e. The quantitative estimate of drug-likeness (QED) is 0.805. The van der Waals surface area contributed by atoms with E-state index in [2.05, 4.69) is 0 Å². The molecule has 2 aromatic carbocycles. The van der Waals surface area contributed by atoms with Crippen molar-refractivity contribution in [3.8, 4) is 28.7 Å². The van der Waals surface area contributed by atoms with Crippen LogP contribution in [0.25, 0.3) is 0 Å². The highest BCUT2D eigenvalue weighted by Gasteiger charge is 2.33. The summed E-state index contributed by atoms with van der Waals surface area (Å²) in [6.45, 7) is 0.239. The smallest absolute Gasteiger partial charge is 0.164 e. The summed E-state index contributed by atoms with van der Waals surface area (Å²) in [6, 6.07) is 7.71. The van der Waals surface area contributed by atoms with E-state index in [1.165, 1.54) is 32.4 Å². The van der Waals surface area contributed by atoms with Gasteiger partial charge >= 0.3 is 0 Å². The Bertz CT molecular complexity index is 727. The lowest BCUT2D eigenvalue weighted by Crippen LogP contribution is -2.24. The molecule has 2 atom stereocenters. The van der Waals surface area contributed by atoms with E-state index in [0.29, 0.717) is 17.1 Å². The lowest BCUT2D eigenvalue weighted by Gasteiger charge is -2.31. The molecule has 0 saturated carbocycles. The van der Waals surface area contributed by atoms with E-state index in [9.17, 15) is 15.3 Å². The molecule has 0 radical (unpaired) electrons. The van der Waals surface area contributed by atoms with Crippen molar-refractivity contribution in [1.29, 1.82) is 0 Å². The van der Waals surface area contributed by atoms with Gasteiger partial charge in [-0.15, -0.1) is 0 Å². The van der Waals surface area contributed by atoms with Crippen molar-refractivity contribution in [2.45, 2.75) is 12.0 Å². The molecule has 1 heterocycles. The van der Waals surface area contributed by atoms with Gasteiger partial charge in [0, 0.05) is 23.3 Å². The highest BCUT2D eigenvalue weighted by atomic mass is 16.5. The monoisotopic (exact) mass is 318 g/mol. The summed E-state index contributed by atoms with van der Waals surface area (Å²) in [5.41, 5.74) is 1.20. The Hall–Kier alpha value is -2.60. The van der Waals surface area contributed by atoms with Gasteiger partial charge in [-0.25, -0.2) is 0 Å². The Morgan fingerprint density at radius 1 is 1.00 bits per heavy atom. The summed E-state index contributed by atoms with van der Waals surface area (Å²) in [7, 11) is 2.95. The second kappa shape index (κ2) is 5.89. The van der Waals surface area contributed by atoms with Gasteiger partial charge < -0.3 is 29.5 Å². The number of rotatable bonds is 3. The highest BCUT2D eigenvalue weighted by Crippen LogP contribution is 2.46. The number of ether oxygens (including phenoxy) is 3. The number of benzene rings is 2. The third-order valence-corrected chi connectivity index (χ3v) is 4.05. The molecule has 0 spiro atoms. The number of phenols is 2. The molecule has 3 N–H and O–H groups in total. The molecule has 2 aromatic rings. The van der Waals surface area contributed by atoms with Gasteiger partial charge in [-0.2, -0.15) is 0 Å². The number of hydrogen-bond acceptors (Lipinski definition) is 6. The zero-order valence-corrected chi connectivity index (χ0v) is 12.8. The Morgan fingerprint density at radius 2 is 1.74 bits per heavy atom. The largest absolute Gasteiger partial charge is 0.508 e. The highest BCUT2D eigenvalue weighted by molar-refractivity contribution is 5.53. The maximum absolute atomic E-state index is 10.7. The standard InChI is InChI=1S/C17H18O6/c1-21-14-5-9(18)3-4-10(14)12-8-23-15-7-16(22-2)13(19)6-11(15)17(12)20/h3-7,12,17-20H,8H2,1-2H3/t12-,17+/m0/s1. The van der Waals surface area contributed by atoms with Gasteiger partial charge in [-0.05, 0) is 12.1 Å². The average molecular weight is 318 g/mol. The summed E-state index contributed by atoms with van der Waals surface area (Å²) < 4.78 is 16.0. The van der Waals surface area contributed by atoms with Crippen LogP contribution in [0.15, 0.2) is 30.3 Å². The maximum Gasteiger partial charge on any atom is 0.164 e. The second-order valence-electron chi connectivity index (χ2n) is 5.35. The second-order valence-corrected chi connectivity index (χ2v) is 5.35. The molecule has 1 aliphatic heterocycles. The first-order valence-electron chi connectivity index (χ1n) is 7.13. The SMILES string of the molecule is COc1cc2c(cc1O)[C@@H](O)[C@H](c1ccc(O)cc1OC)CO2. The van der Waals surface area contributed by atoms with Crippen LogP contribution in [0.5, 0.6) is 28.7 Å². The number of fused-ring (bicyclic) bond motifs is 1. The predicted molar refractivity (Wildman–Crippen MR) is 82.5 cm³/mol. The van der Waals surface area contributed by atoms with Crippen LogP contribution in [0.4, 0.5) is 0 Å². The lowest BCUT2D eigenvalue weighted by atomic mass is 9.86. The zero-order valence-electron chi connectivity index (χ0n) is 12.8. The van der Waals surface area contributed by atoms with Gasteiger partial charge in [0.1, 0.15) is 17.2 Å². The number of aliphatic hydroxyl groups is 1. The molecule has 6 nitrogen and oxygen atoms in total. The molecular formula is C17H18O6. The minimum absolute atomic E-state index is 0.0628. The summed E-state index contributed by atoms with van der Waals surface area (Å²) in [6.07, 6.45) is -0.881. The van der Waals surface area contributed by atoms with Crippen LogP contribution in [0.2, 0.25) is 0 Å². The third kappa shape index (κ3) is 2.61. The first-order valence-corrected chi connectivity index (χ1v) is 7.13. The molecule has 3 rings (SSSR count). The summed E-state index contributed by atoms with van der Waals surface area (Å²) in [4.78, 5) is 0. The van der Waals surface area contributed by atoms with Crippen molar-refractivity contribution in [3.63, 3.8) is 0 Å². The van der Waals surface area contributed by atoms with Crippen molar-refractivity contribution < 1.29 is 29.5 Å². The molecule has 23 heavy (non-hydrogen) atoms. The summed E-state index contributed by atoms with van der Waals surface area (Å²) in [5.74, 6) is 0.870. The average Bonchev–Trinajstić information content (AvgIpc) is 2.55. The molecule has 122 valence electrons. The molecule has 6 heteroatoms. The van der Waals surface area contributed by atoms with Crippen molar-refractivity contribution >= 4 is 0 Å². The van der Waals surface area contributed by atoms with Crippen LogP contribution in [-0.2, 0) is 0 Å². The van der Waals surface area contributed by atoms with E-state index in [4.69, 9.17) is 14.2 Å². The Labute approximate surface area is 133 Å². The van der Waals surface area contributed by atoms with Crippen molar-refractivity contribution in [1.82, 2.24) is 0 Å². The molecule has 0 bridgehead atoms. The van der Waals surface area contributed by atoms with Crippen LogP contribution >= 0.6 is 0 Å². The first kappa shape index (κ1) is 15.3. The van der Waals surface area contributed by atoms with Gasteiger partial charge in [-0.3, -0.25) is 0 Å². The Morgan fingerprint density at radius 3 is 2.43 bits per heavy atom. The third-order valence-electron chi connectivity index (χ3n) is 4.05. The zero-order chi connectivity index (χ0) is 16.6. The van der Waals surface area contributed by atoms with Crippen LogP contribution in [-0.4, -0.2) is 36.1 Å². The summed E-state index contributed by atoms with van der Waals surface area (Å²) >= 11 is 0. The van der Waals surface area contributed by atoms with Crippen molar-refractivity contribution in [2.24, 2.45) is 0 Å². The molecule has 0 unspecified atom stereocenters. The van der Waals surface area contributed by atoms with Crippen molar-refractivity contribution in [3.05, 3.63) is 41.5 Å². The van der Waals surface area contributed by atoms with Gasteiger partial charge in [0.15, 0.2) is 11.5 Å². The number of phenolic OH excluding ortho intramolecular Hbond substituents is 2. The predicted octanol–water partition coefficient (Wildman–Crippen LogP) is 2.32. The normalized spacial score (nSPS) is 19.6. The number of aromatic hydroxyl groups is 2. The number of hydrogen-bond donors (Lipinski definition) is 3. The fourth-order valence-electron chi connectivity index (χ4n) is 2.84. The van der Waals surface area contributed by atoms with E-state index >= 15 is 0 Å². The van der Waals surface area contributed by atoms with Crippen LogP contribution in [0.1, 0.15) is 23.1 Å². The fraction of sp³-hybridized carbons (Fsp3) is 0.294. The molecule has 0 saturated heterocycles. The van der Waals surface area contributed by atoms with Crippen molar-refractivity contribution in [2.75, 3.05) is 20.8 Å². The van der Waals surface area contributed by atoms with E-state index in [0.717, 1.165) is 5.56 Å². The van der Waals surface area contributed by atoms with E-state index in [-0.39, 0.29) is 29.8 Å². The van der Waals surface area contributed by atoms with E-state index < -0.39 is 6.10 Å². The fourth-order valence-corrected chi connectivity index (χ4v) is 2.84. The molecule has 0 fully saturated rings. The summed E-state index contributed by atoms with van der Waals surface area (Å²) in [5, 5.41) is 30.2. The first-order chi connectivity index (χ1) is 11.0. The lowest BCUT2D eigenvalue weighted by molar-refractivity contribution is 0.0870. The van der Waals surface area contributed by atoms with Crippen LogP contribution in [0.3, 0.4) is 0 Å². The molecular weight excluding hydrogens is 300 g/mol. The van der Waals surface area contributed by atoms with E-state index in [1.807, 2.05) is 0 Å².